The first-order valence-electron chi connectivity index (χ1n) is 8.92. The standard InChI is InChI=1S/C20H25ClN2O5S/c1-14-16(21)7-5-8-18(14)23(29(4,25)26)12-6-9-20(24)22-17-13-15(27-2)10-11-19(17)28-3/h5,7-8,10-11,13H,6,9,12H2,1-4H3,(H,22,24). The van der Waals surface area contributed by atoms with Gasteiger partial charge in [0.25, 0.3) is 0 Å². The third-order valence-electron chi connectivity index (χ3n) is 4.35. The molecular weight excluding hydrogens is 416 g/mol. The molecule has 0 spiro atoms. The molecule has 0 aliphatic rings. The summed E-state index contributed by atoms with van der Waals surface area (Å²) in [5, 5.41) is 3.26. The van der Waals surface area contributed by atoms with Crippen LogP contribution in [-0.4, -0.2) is 41.3 Å². The molecule has 0 aromatic heterocycles. The maximum atomic E-state index is 12.4. The number of nitrogens with zero attached hydrogens (tertiary/aromatic N) is 1. The van der Waals surface area contributed by atoms with Crippen LogP contribution in [0.3, 0.4) is 0 Å². The Hall–Kier alpha value is -2.45. The van der Waals surface area contributed by atoms with Crippen LogP contribution in [0.1, 0.15) is 18.4 Å². The van der Waals surface area contributed by atoms with Crippen LogP contribution in [-0.2, 0) is 14.8 Å². The van der Waals surface area contributed by atoms with Gasteiger partial charge in [0.05, 0.1) is 31.9 Å². The zero-order valence-electron chi connectivity index (χ0n) is 16.9. The first-order valence-corrected chi connectivity index (χ1v) is 11.1. The molecule has 0 radical (unpaired) electrons. The van der Waals surface area contributed by atoms with E-state index >= 15 is 0 Å². The Morgan fingerprint density at radius 1 is 1.17 bits per heavy atom. The van der Waals surface area contributed by atoms with Crippen molar-refractivity contribution in [2.45, 2.75) is 19.8 Å². The van der Waals surface area contributed by atoms with E-state index in [2.05, 4.69) is 5.32 Å². The Morgan fingerprint density at radius 3 is 2.52 bits per heavy atom. The van der Waals surface area contributed by atoms with Gasteiger partial charge in [0.1, 0.15) is 11.5 Å². The number of ether oxygens (including phenoxy) is 2. The summed E-state index contributed by atoms with van der Waals surface area (Å²) >= 11 is 6.13. The van der Waals surface area contributed by atoms with Crippen molar-refractivity contribution in [2.24, 2.45) is 0 Å². The van der Waals surface area contributed by atoms with Gasteiger partial charge in [0.2, 0.25) is 15.9 Å². The lowest BCUT2D eigenvalue weighted by molar-refractivity contribution is -0.116. The first-order chi connectivity index (χ1) is 13.7. The SMILES string of the molecule is COc1ccc(OC)c(NC(=O)CCCN(c2cccc(Cl)c2C)S(C)(=O)=O)c1. The Kier molecular flexibility index (Phi) is 7.75. The molecular formula is C20H25ClN2O5S. The maximum absolute atomic E-state index is 12.4. The average molecular weight is 441 g/mol. The molecule has 0 saturated carbocycles. The summed E-state index contributed by atoms with van der Waals surface area (Å²) in [6, 6.07) is 10.2. The second-order valence-electron chi connectivity index (χ2n) is 6.44. The van der Waals surface area contributed by atoms with Crippen molar-refractivity contribution < 1.29 is 22.7 Å². The van der Waals surface area contributed by atoms with Gasteiger partial charge in [-0.15, -0.1) is 0 Å². The molecule has 2 rings (SSSR count). The maximum Gasteiger partial charge on any atom is 0.232 e. The molecule has 0 bridgehead atoms. The summed E-state index contributed by atoms with van der Waals surface area (Å²) < 4.78 is 36.2. The van der Waals surface area contributed by atoms with E-state index in [9.17, 15) is 13.2 Å². The highest BCUT2D eigenvalue weighted by Crippen LogP contribution is 2.30. The van der Waals surface area contributed by atoms with E-state index in [0.29, 0.717) is 39.9 Å². The Labute approximate surface area is 176 Å². The lowest BCUT2D eigenvalue weighted by Crippen LogP contribution is -2.32. The van der Waals surface area contributed by atoms with Crippen molar-refractivity contribution in [3.8, 4) is 11.5 Å². The summed E-state index contributed by atoms with van der Waals surface area (Å²) in [5.74, 6) is 0.833. The van der Waals surface area contributed by atoms with Crippen LogP contribution in [0.4, 0.5) is 11.4 Å². The Morgan fingerprint density at radius 2 is 1.90 bits per heavy atom. The highest BCUT2D eigenvalue weighted by Gasteiger charge is 2.20. The van der Waals surface area contributed by atoms with Gasteiger partial charge in [0, 0.05) is 24.1 Å². The van der Waals surface area contributed by atoms with Crippen molar-refractivity contribution in [1.82, 2.24) is 0 Å². The molecule has 7 nitrogen and oxygen atoms in total. The van der Waals surface area contributed by atoms with Gasteiger partial charge < -0.3 is 14.8 Å². The van der Waals surface area contributed by atoms with E-state index < -0.39 is 10.0 Å². The smallest absolute Gasteiger partial charge is 0.232 e. The van der Waals surface area contributed by atoms with Crippen LogP contribution in [0.25, 0.3) is 0 Å². The molecule has 158 valence electrons. The fraction of sp³-hybridized carbons (Fsp3) is 0.350. The zero-order valence-corrected chi connectivity index (χ0v) is 18.4. The summed E-state index contributed by atoms with van der Waals surface area (Å²) in [5.41, 5.74) is 1.67. The van der Waals surface area contributed by atoms with E-state index in [0.717, 1.165) is 6.26 Å². The third-order valence-corrected chi connectivity index (χ3v) is 5.94. The number of sulfonamides is 1. The molecule has 0 unspecified atom stereocenters. The number of hydrogen-bond acceptors (Lipinski definition) is 5. The first kappa shape index (κ1) is 22.8. The number of anilines is 2. The lowest BCUT2D eigenvalue weighted by Gasteiger charge is -2.24. The van der Waals surface area contributed by atoms with E-state index in [4.69, 9.17) is 21.1 Å². The Balaban J connectivity index is 2.07. The largest absolute Gasteiger partial charge is 0.497 e. The molecule has 0 aliphatic carbocycles. The van der Waals surface area contributed by atoms with Gasteiger partial charge in [-0.2, -0.15) is 0 Å². The molecule has 0 fully saturated rings. The van der Waals surface area contributed by atoms with Crippen LogP contribution in [0.2, 0.25) is 5.02 Å². The van der Waals surface area contributed by atoms with Crippen LogP contribution in [0.15, 0.2) is 36.4 Å². The fourth-order valence-electron chi connectivity index (χ4n) is 2.84. The number of amides is 1. The van der Waals surface area contributed by atoms with E-state index in [1.165, 1.54) is 18.5 Å². The zero-order chi connectivity index (χ0) is 21.6. The molecule has 1 amide bonds. The van der Waals surface area contributed by atoms with Crippen molar-refractivity contribution in [3.63, 3.8) is 0 Å². The van der Waals surface area contributed by atoms with Crippen LogP contribution in [0, 0.1) is 6.92 Å². The van der Waals surface area contributed by atoms with Crippen molar-refractivity contribution in [3.05, 3.63) is 47.0 Å². The number of carbonyl (C=O) groups excluding carboxylic acids is 1. The minimum absolute atomic E-state index is 0.131. The summed E-state index contributed by atoms with van der Waals surface area (Å²) in [6.07, 6.45) is 1.59. The number of halogens is 1. The number of methoxy groups -OCH3 is 2. The molecule has 9 heteroatoms. The van der Waals surface area contributed by atoms with Crippen molar-refractivity contribution in [2.75, 3.05) is 36.6 Å². The monoisotopic (exact) mass is 440 g/mol. The van der Waals surface area contributed by atoms with Gasteiger partial charge in [0.15, 0.2) is 0 Å². The average Bonchev–Trinajstić information content (AvgIpc) is 2.67. The topological polar surface area (TPSA) is 84.9 Å². The summed E-state index contributed by atoms with van der Waals surface area (Å²) in [6.45, 7) is 1.92. The highest BCUT2D eigenvalue weighted by atomic mass is 35.5. The minimum atomic E-state index is -3.53. The number of carbonyl (C=O) groups is 1. The molecule has 29 heavy (non-hydrogen) atoms. The second kappa shape index (κ2) is 9.84. The number of nitrogens with one attached hydrogen (secondary N) is 1. The fourth-order valence-corrected chi connectivity index (χ4v) is 4.02. The predicted molar refractivity (Wildman–Crippen MR) is 116 cm³/mol. The molecule has 0 aliphatic heterocycles. The van der Waals surface area contributed by atoms with E-state index in [1.54, 1.807) is 43.3 Å². The van der Waals surface area contributed by atoms with Crippen LogP contribution < -0.4 is 19.1 Å². The van der Waals surface area contributed by atoms with Crippen LogP contribution >= 0.6 is 11.6 Å². The predicted octanol–water partition coefficient (Wildman–Crippen LogP) is 3.85. The van der Waals surface area contributed by atoms with Gasteiger partial charge in [-0.05, 0) is 43.2 Å². The highest BCUT2D eigenvalue weighted by molar-refractivity contribution is 7.92. The number of rotatable bonds is 9. The molecule has 0 heterocycles. The molecule has 2 aromatic rings. The van der Waals surface area contributed by atoms with E-state index in [1.807, 2.05) is 0 Å². The summed E-state index contributed by atoms with van der Waals surface area (Å²) in [4.78, 5) is 12.4. The summed E-state index contributed by atoms with van der Waals surface area (Å²) in [7, 11) is -0.486. The van der Waals surface area contributed by atoms with Crippen molar-refractivity contribution >= 4 is 38.9 Å². The number of hydrogen-bond donors (Lipinski definition) is 1. The Bertz CT molecular complexity index is 979. The normalized spacial score (nSPS) is 11.1. The van der Waals surface area contributed by atoms with Crippen LogP contribution in [0.5, 0.6) is 11.5 Å². The molecule has 0 atom stereocenters. The van der Waals surface area contributed by atoms with Gasteiger partial charge in [-0.1, -0.05) is 17.7 Å². The van der Waals surface area contributed by atoms with Gasteiger partial charge in [-0.3, -0.25) is 9.10 Å². The van der Waals surface area contributed by atoms with Gasteiger partial charge >= 0.3 is 0 Å². The number of benzene rings is 2. The lowest BCUT2D eigenvalue weighted by atomic mass is 10.2. The van der Waals surface area contributed by atoms with Crippen molar-refractivity contribution in [1.29, 1.82) is 0 Å². The quantitative estimate of drug-likeness (QED) is 0.640. The minimum Gasteiger partial charge on any atom is -0.497 e. The molecule has 0 saturated heterocycles. The molecule has 2 aromatic carbocycles. The van der Waals surface area contributed by atoms with E-state index in [-0.39, 0.29) is 18.9 Å². The second-order valence-corrected chi connectivity index (χ2v) is 8.75. The third kappa shape index (κ3) is 6.01. The van der Waals surface area contributed by atoms with Gasteiger partial charge in [-0.25, -0.2) is 8.42 Å². The molecule has 1 N–H and O–H groups in total.